The number of aliphatic hydroxyl groups is 2. The third kappa shape index (κ3) is 18.9. The summed E-state index contributed by atoms with van der Waals surface area (Å²) in [5.41, 5.74) is 11.7. The molecule has 0 bridgehead atoms. The van der Waals surface area contributed by atoms with Gasteiger partial charge >= 0.3 is 0 Å². The van der Waals surface area contributed by atoms with Crippen LogP contribution in [0.5, 0.6) is 51.7 Å². The first-order valence-corrected chi connectivity index (χ1v) is 38.8. The number of aliphatic hydroxyl groups excluding tert-OH is 2. The van der Waals surface area contributed by atoms with Gasteiger partial charge in [0.05, 0.1) is 138 Å². The number of aromatic nitrogens is 18. The molecule has 3 aromatic carbocycles. The number of anilines is 6. The molecule has 0 saturated carbocycles. The van der Waals surface area contributed by atoms with E-state index in [0.29, 0.717) is 146 Å². The minimum absolute atomic E-state index is 0.0214. The zero-order valence-electron chi connectivity index (χ0n) is 65.7. The van der Waals surface area contributed by atoms with Crippen LogP contribution in [-0.4, -0.2) is 220 Å². The number of ether oxygens (including phenoxy) is 12. The molecule has 5 saturated heterocycles. The van der Waals surface area contributed by atoms with Gasteiger partial charge in [0, 0.05) is 68.8 Å². The number of hydrogen-bond donors (Lipinski definition) is 6. The van der Waals surface area contributed by atoms with Gasteiger partial charge in [-0.3, -0.25) is 13.7 Å². The van der Waals surface area contributed by atoms with Crippen molar-refractivity contribution in [1.82, 2.24) is 92.5 Å². The third-order valence-corrected chi connectivity index (χ3v) is 20.5. The van der Waals surface area contributed by atoms with Crippen molar-refractivity contribution in [1.29, 1.82) is 0 Å². The van der Waals surface area contributed by atoms with Gasteiger partial charge in [-0.2, -0.15) is 24.9 Å². The van der Waals surface area contributed by atoms with Gasteiger partial charge in [0.1, 0.15) is 60.6 Å². The molecular formula is C76H94Cl3N23O14. The van der Waals surface area contributed by atoms with Crippen LogP contribution >= 0.6 is 34.8 Å². The van der Waals surface area contributed by atoms with Crippen LogP contribution in [0.15, 0.2) is 93.0 Å². The number of halogens is 3. The van der Waals surface area contributed by atoms with Crippen molar-refractivity contribution in [2.24, 2.45) is 0 Å². The number of benzene rings is 3. The van der Waals surface area contributed by atoms with Crippen LogP contribution in [0.1, 0.15) is 102 Å². The van der Waals surface area contributed by atoms with Crippen LogP contribution in [-0.2, 0) is 14.2 Å². The Morgan fingerprint density at radius 2 is 0.853 bits per heavy atom. The lowest BCUT2D eigenvalue weighted by Crippen LogP contribution is -2.33. The highest BCUT2D eigenvalue weighted by Gasteiger charge is 2.31. The molecule has 0 amide bonds. The number of hydrogen-bond acceptors (Lipinski definition) is 31. The summed E-state index contributed by atoms with van der Waals surface area (Å²) in [5.74, 6) is 8.03. The maximum atomic E-state index is 9.96. The summed E-state index contributed by atoms with van der Waals surface area (Å²) in [5, 5.41) is 28.7. The standard InChI is InChI=1S/C27H34N8O5.C22H24ClN7O4.C12H15N3O3.C10H10Cl2N4O.C5H11NO/c1-37-19-11-18(12-20(38-2)24(19)39-3)33-13-21(28-15-33)30-25-23-26(35(16-29-23)22-8-4-5-10-40-22)32-27(31-25)34-9-6-7-17(34)14-36;1-31-14-8-13(9-15(32-2)19(14)33-3)29-10-16(24-11-29)26-20-18-21(28-22(23)27-20)30(12-25-18)17-6-4-5-7-34-17;1-16-9-4-8(15-6-11(13)14-7-15)5-10(17-2)12(9)18-3;11-8-7-9(15-10(12)14-8)16(5-13-7)6-3-1-2-4-17-6;7-4-5-2-1-3-6-5/h11-13,15-17,22,36H,4-10,14H2,1-3H3,(H,30,31,32);8-12,17H,4-7H2,1-3H3,(H,26,27,28);4-7H,13H2,1-3H3;5-6H,1-4H2;5-7H,1-4H2/t17-,22?;;;;5-/m0...0/s1. The van der Waals surface area contributed by atoms with E-state index in [9.17, 15) is 5.11 Å². The van der Waals surface area contributed by atoms with Crippen molar-refractivity contribution in [3.63, 3.8) is 0 Å². The number of imidazole rings is 6. The molecule has 7 N–H and O–H groups in total. The summed E-state index contributed by atoms with van der Waals surface area (Å²) in [6.07, 6.45) is 28.7. The molecule has 5 fully saturated rings. The summed E-state index contributed by atoms with van der Waals surface area (Å²) in [7, 11) is 14.2. The summed E-state index contributed by atoms with van der Waals surface area (Å²) in [4.78, 5) is 55.0. The Morgan fingerprint density at radius 3 is 1.23 bits per heavy atom. The first-order chi connectivity index (χ1) is 56.6. The van der Waals surface area contributed by atoms with E-state index >= 15 is 0 Å². The highest BCUT2D eigenvalue weighted by atomic mass is 35.5. The number of nitrogens with zero attached hydrogens (tertiary/aromatic N) is 19. The number of fused-ring (bicyclic) bond motifs is 3. The lowest BCUT2D eigenvalue weighted by molar-refractivity contribution is -0.0299. The molecule has 12 aromatic rings. The van der Waals surface area contributed by atoms with Crippen LogP contribution in [0.2, 0.25) is 15.7 Å². The molecule has 0 aliphatic carbocycles. The maximum Gasteiger partial charge on any atom is 0.229 e. The Kier molecular flexibility index (Phi) is 27.9. The molecule has 0 spiro atoms. The highest BCUT2D eigenvalue weighted by Crippen LogP contribution is 2.43. The normalized spacial score (nSPS) is 17.8. The Morgan fingerprint density at radius 1 is 0.440 bits per heavy atom. The summed E-state index contributed by atoms with van der Waals surface area (Å²) in [6, 6.07) is 11.4. The molecular weight excluding hydrogens is 1570 g/mol. The van der Waals surface area contributed by atoms with Crippen LogP contribution < -0.4 is 69.2 Å². The molecule has 116 heavy (non-hydrogen) atoms. The van der Waals surface area contributed by atoms with Gasteiger partial charge in [-0.25, -0.2) is 34.9 Å². The van der Waals surface area contributed by atoms with E-state index in [0.717, 1.165) is 114 Å². The lowest BCUT2D eigenvalue weighted by Gasteiger charge is -2.25. The second-order valence-corrected chi connectivity index (χ2v) is 28.1. The minimum Gasteiger partial charge on any atom is -0.493 e. The molecule has 5 atom stereocenters. The molecule has 9 aromatic heterocycles. The van der Waals surface area contributed by atoms with Gasteiger partial charge < -0.3 is 107 Å². The second-order valence-electron chi connectivity index (χ2n) is 27.0. The van der Waals surface area contributed by atoms with Crippen LogP contribution in [0, 0.1) is 0 Å². The molecule has 40 heteroatoms. The van der Waals surface area contributed by atoms with E-state index < -0.39 is 0 Å². The van der Waals surface area contributed by atoms with E-state index in [1.807, 2.05) is 71.6 Å². The van der Waals surface area contributed by atoms with Crippen molar-refractivity contribution in [2.75, 3.05) is 131 Å². The fourth-order valence-corrected chi connectivity index (χ4v) is 14.6. The van der Waals surface area contributed by atoms with Crippen LogP contribution in [0.4, 0.5) is 35.0 Å². The summed E-state index contributed by atoms with van der Waals surface area (Å²) in [6.45, 7) is 4.41. The van der Waals surface area contributed by atoms with Crippen LogP contribution in [0.25, 0.3) is 50.6 Å². The van der Waals surface area contributed by atoms with Crippen molar-refractivity contribution in [2.45, 2.75) is 114 Å². The van der Waals surface area contributed by atoms with E-state index in [2.05, 4.69) is 70.7 Å². The predicted octanol–water partition coefficient (Wildman–Crippen LogP) is 11.6. The third-order valence-electron chi connectivity index (χ3n) is 19.9. The molecule has 3 unspecified atom stereocenters. The highest BCUT2D eigenvalue weighted by molar-refractivity contribution is 6.35. The smallest absolute Gasteiger partial charge is 0.229 e. The Balaban J connectivity index is 0.000000138. The van der Waals surface area contributed by atoms with Gasteiger partial charge in [0.15, 0.2) is 79.3 Å². The Hall–Kier alpha value is -11.0. The lowest BCUT2D eigenvalue weighted by atomic mass is 10.2. The fourth-order valence-electron chi connectivity index (χ4n) is 14.0. The molecule has 17 rings (SSSR count). The van der Waals surface area contributed by atoms with Gasteiger partial charge in [0.25, 0.3) is 0 Å². The topological polar surface area (TPSA) is 401 Å². The van der Waals surface area contributed by atoms with E-state index in [-0.39, 0.29) is 47.1 Å². The number of methoxy groups -OCH3 is 9. The maximum absolute atomic E-state index is 9.96. The van der Waals surface area contributed by atoms with E-state index in [4.69, 9.17) is 112 Å². The van der Waals surface area contributed by atoms with Crippen molar-refractivity contribution < 1.29 is 67.1 Å². The molecule has 14 heterocycles. The average Bonchev–Trinajstić information content (AvgIpc) is 1.56. The van der Waals surface area contributed by atoms with E-state index in [1.54, 1.807) is 113 Å². The Labute approximate surface area is 682 Å². The van der Waals surface area contributed by atoms with Crippen molar-refractivity contribution in [3.05, 3.63) is 109 Å². The molecule has 0 radical (unpaired) electrons. The number of nitrogens with two attached hydrogens (primary N) is 1. The molecule has 5 aliphatic rings. The summed E-state index contributed by atoms with van der Waals surface area (Å²) >= 11 is 18.0. The number of nitrogens with one attached hydrogen (secondary N) is 3. The van der Waals surface area contributed by atoms with Crippen molar-refractivity contribution >= 4 is 103 Å². The first kappa shape index (κ1) is 82.9. The van der Waals surface area contributed by atoms with Gasteiger partial charge in [-0.05, 0) is 113 Å². The molecule has 618 valence electrons. The molecule has 5 aliphatic heterocycles. The second kappa shape index (κ2) is 39.1. The molecule has 37 nitrogen and oxygen atoms in total. The summed E-state index contributed by atoms with van der Waals surface area (Å²) < 4.78 is 77.4. The average molecular weight is 1660 g/mol. The zero-order valence-corrected chi connectivity index (χ0v) is 68.0. The quantitative estimate of drug-likeness (QED) is 0.0271. The Bertz CT molecular complexity index is 5170. The van der Waals surface area contributed by atoms with Gasteiger partial charge in [-0.1, -0.05) is 11.6 Å². The largest absolute Gasteiger partial charge is 0.493 e. The van der Waals surface area contributed by atoms with E-state index in [1.165, 1.54) is 6.42 Å². The zero-order chi connectivity index (χ0) is 81.4. The first-order valence-electron chi connectivity index (χ1n) is 37.7. The number of nitrogen functional groups attached to an aromatic ring is 1. The monoisotopic (exact) mass is 1660 g/mol. The van der Waals surface area contributed by atoms with Gasteiger partial charge in [-0.15, -0.1) is 0 Å². The number of rotatable bonds is 22. The van der Waals surface area contributed by atoms with Crippen molar-refractivity contribution in [3.8, 4) is 68.8 Å². The van der Waals surface area contributed by atoms with Gasteiger partial charge in [0.2, 0.25) is 33.8 Å². The van der Waals surface area contributed by atoms with Crippen LogP contribution in [0.3, 0.4) is 0 Å². The SMILES string of the molecule is COc1cc(-n2cnc(N)c2)cc(OC)c1OC.COc1cc(-n2cnc(Nc3nc(Cl)nc4c3ncn4C3CCCCO3)c2)cc(OC)c1OC.COc1cc(-n2cnc(Nc3nc(N4CCC[C@H]4CO)nc4c3ncn4C3CCCCO3)c2)cc(OC)c1OC.Clc1nc(Cl)c2ncn(C3CCCCO3)c2n1.OC[C@@H]1CCCN1. The fraction of sp³-hybridized carbons (Fsp3) is 0.447. The minimum atomic E-state index is -0.124. The predicted molar refractivity (Wildman–Crippen MR) is 434 cm³/mol.